The van der Waals surface area contributed by atoms with Crippen molar-refractivity contribution in [3.05, 3.63) is 28.2 Å². The first-order valence-electron chi connectivity index (χ1n) is 9.41. The molecule has 0 aromatic heterocycles. The Balaban J connectivity index is 1.65. The van der Waals surface area contributed by atoms with Crippen LogP contribution in [-0.2, 0) is 4.79 Å². The lowest BCUT2D eigenvalue weighted by Crippen LogP contribution is -2.54. The van der Waals surface area contributed by atoms with E-state index in [0.717, 1.165) is 11.3 Å². The Kier molecular flexibility index (Phi) is 5.86. The SMILES string of the molecule is CC1CC(C)(C)CC2(C1)NC(=O)N(CC(O)COc1cc(Cl)ccc1Cl)C2=O. The summed E-state index contributed by atoms with van der Waals surface area (Å²) in [7, 11) is 0. The van der Waals surface area contributed by atoms with Gasteiger partial charge in [-0.1, -0.05) is 44.0 Å². The van der Waals surface area contributed by atoms with Gasteiger partial charge in [0, 0.05) is 11.1 Å². The third-order valence-electron chi connectivity index (χ3n) is 5.34. The number of nitrogens with one attached hydrogen (secondary N) is 1. The fourth-order valence-electron chi connectivity index (χ4n) is 4.71. The van der Waals surface area contributed by atoms with Crippen LogP contribution in [0.4, 0.5) is 4.79 Å². The third-order valence-corrected chi connectivity index (χ3v) is 5.89. The topological polar surface area (TPSA) is 78.9 Å². The largest absolute Gasteiger partial charge is 0.489 e. The molecule has 1 aliphatic carbocycles. The van der Waals surface area contributed by atoms with Gasteiger partial charge in [-0.3, -0.25) is 9.69 Å². The summed E-state index contributed by atoms with van der Waals surface area (Å²) in [5, 5.41) is 14.1. The molecule has 2 fully saturated rings. The van der Waals surface area contributed by atoms with E-state index in [-0.39, 0.29) is 24.5 Å². The molecule has 154 valence electrons. The monoisotopic (exact) mass is 428 g/mol. The molecule has 0 radical (unpaired) electrons. The van der Waals surface area contributed by atoms with Crippen LogP contribution in [0.5, 0.6) is 5.75 Å². The standard InChI is InChI=1S/C20H26Cl2N2O4/c1-12-7-19(2,3)11-20(8-12)17(26)24(18(27)23-20)9-14(25)10-28-16-6-13(21)4-5-15(16)22/h4-6,12,14,25H,7-11H2,1-3H3,(H,23,27). The lowest BCUT2D eigenvalue weighted by Gasteiger charge is -2.43. The van der Waals surface area contributed by atoms with E-state index in [0.29, 0.717) is 34.6 Å². The molecule has 3 atom stereocenters. The van der Waals surface area contributed by atoms with Gasteiger partial charge in [-0.15, -0.1) is 0 Å². The average Bonchev–Trinajstić information content (AvgIpc) is 2.77. The van der Waals surface area contributed by atoms with Crippen molar-refractivity contribution in [2.75, 3.05) is 13.2 Å². The van der Waals surface area contributed by atoms with E-state index in [9.17, 15) is 14.7 Å². The Hall–Kier alpha value is -1.50. The van der Waals surface area contributed by atoms with Crippen molar-refractivity contribution in [3.63, 3.8) is 0 Å². The van der Waals surface area contributed by atoms with E-state index in [1.54, 1.807) is 18.2 Å². The minimum absolute atomic E-state index is 0.0400. The highest BCUT2D eigenvalue weighted by Crippen LogP contribution is 2.46. The number of amides is 3. The van der Waals surface area contributed by atoms with Crippen molar-refractivity contribution < 1.29 is 19.4 Å². The molecule has 1 heterocycles. The molecule has 1 aromatic carbocycles. The Labute approximate surface area is 175 Å². The number of nitrogens with zero attached hydrogens (tertiary/aromatic N) is 1. The smallest absolute Gasteiger partial charge is 0.325 e. The number of benzene rings is 1. The number of rotatable bonds is 5. The summed E-state index contributed by atoms with van der Waals surface area (Å²) in [5.41, 5.74) is -0.920. The number of β-amino-alcohol motifs (C(OH)–C–C–N with tert-alkyl or cyclic N) is 1. The lowest BCUT2D eigenvalue weighted by atomic mass is 9.64. The molecule has 1 aliphatic heterocycles. The number of hydrogen-bond donors (Lipinski definition) is 2. The average molecular weight is 429 g/mol. The van der Waals surface area contributed by atoms with Crippen LogP contribution < -0.4 is 10.1 Å². The molecular formula is C20H26Cl2N2O4. The van der Waals surface area contributed by atoms with Crippen LogP contribution in [0.3, 0.4) is 0 Å². The summed E-state index contributed by atoms with van der Waals surface area (Å²) >= 11 is 12.0. The number of aliphatic hydroxyl groups is 1. The van der Waals surface area contributed by atoms with Crippen LogP contribution in [0.1, 0.15) is 40.0 Å². The summed E-state index contributed by atoms with van der Waals surface area (Å²) in [5.74, 6) is 0.396. The molecule has 6 nitrogen and oxygen atoms in total. The fraction of sp³-hybridized carbons (Fsp3) is 0.600. The highest BCUT2D eigenvalue weighted by Gasteiger charge is 2.56. The Morgan fingerprint density at radius 3 is 2.71 bits per heavy atom. The van der Waals surface area contributed by atoms with Gasteiger partial charge in [0.2, 0.25) is 0 Å². The summed E-state index contributed by atoms with van der Waals surface area (Å²) in [6.07, 6.45) is 1.17. The molecule has 3 rings (SSSR count). The molecule has 1 aromatic rings. The van der Waals surface area contributed by atoms with Gasteiger partial charge in [-0.2, -0.15) is 0 Å². The highest BCUT2D eigenvalue weighted by atomic mass is 35.5. The first-order valence-corrected chi connectivity index (χ1v) is 10.2. The summed E-state index contributed by atoms with van der Waals surface area (Å²) in [6, 6.07) is 4.31. The highest BCUT2D eigenvalue weighted by molar-refractivity contribution is 6.34. The number of hydrogen-bond acceptors (Lipinski definition) is 4. The van der Waals surface area contributed by atoms with Gasteiger partial charge in [-0.05, 0) is 42.7 Å². The molecule has 8 heteroatoms. The first-order chi connectivity index (χ1) is 13.0. The zero-order valence-corrected chi connectivity index (χ0v) is 17.8. The van der Waals surface area contributed by atoms with Crippen LogP contribution >= 0.6 is 23.2 Å². The third kappa shape index (κ3) is 4.39. The molecule has 1 saturated heterocycles. The summed E-state index contributed by atoms with van der Waals surface area (Å²) in [4.78, 5) is 26.7. The number of aliphatic hydroxyl groups excluding tert-OH is 1. The van der Waals surface area contributed by atoms with E-state index in [4.69, 9.17) is 27.9 Å². The Bertz CT molecular complexity index is 785. The zero-order chi connectivity index (χ0) is 20.7. The van der Waals surface area contributed by atoms with Gasteiger partial charge in [0.15, 0.2) is 0 Å². The van der Waals surface area contributed by atoms with Crippen molar-refractivity contribution in [2.45, 2.75) is 51.7 Å². The first kappa shape index (κ1) is 21.2. The second-order valence-electron chi connectivity index (χ2n) is 8.82. The molecular weight excluding hydrogens is 403 g/mol. The molecule has 28 heavy (non-hydrogen) atoms. The van der Waals surface area contributed by atoms with Gasteiger partial charge < -0.3 is 15.2 Å². The quantitative estimate of drug-likeness (QED) is 0.697. The predicted octanol–water partition coefficient (Wildman–Crippen LogP) is 3.87. The van der Waals surface area contributed by atoms with Crippen LogP contribution in [0.15, 0.2) is 18.2 Å². The zero-order valence-electron chi connectivity index (χ0n) is 16.3. The molecule has 1 spiro atoms. The molecule has 2 aliphatic rings. The summed E-state index contributed by atoms with van der Waals surface area (Å²) in [6.45, 7) is 6.07. The fourth-order valence-corrected chi connectivity index (χ4v) is 5.04. The maximum Gasteiger partial charge on any atom is 0.325 e. The van der Waals surface area contributed by atoms with Gasteiger partial charge in [0.1, 0.15) is 24.0 Å². The van der Waals surface area contributed by atoms with Gasteiger partial charge in [-0.25, -0.2) is 4.79 Å². The Morgan fingerprint density at radius 2 is 2.04 bits per heavy atom. The van der Waals surface area contributed by atoms with Crippen molar-refractivity contribution >= 4 is 35.1 Å². The van der Waals surface area contributed by atoms with Crippen LogP contribution in [-0.4, -0.2) is 46.7 Å². The van der Waals surface area contributed by atoms with Crippen molar-refractivity contribution in [2.24, 2.45) is 11.3 Å². The second-order valence-corrected chi connectivity index (χ2v) is 9.67. The minimum atomic E-state index is -1.05. The van der Waals surface area contributed by atoms with E-state index in [1.807, 2.05) is 0 Å². The number of urea groups is 1. The van der Waals surface area contributed by atoms with Crippen LogP contribution in [0, 0.1) is 11.3 Å². The number of carbonyl (C=O) groups is 2. The number of ether oxygens (including phenoxy) is 1. The van der Waals surface area contributed by atoms with Gasteiger partial charge >= 0.3 is 6.03 Å². The minimum Gasteiger partial charge on any atom is -0.489 e. The molecule has 0 bridgehead atoms. The van der Waals surface area contributed by atoms with Gasteiger partial charge in [0.25, 0.3) is 5.91 Å². The van der Waals surface area contributed by atoms with Crippen molar-refractivity contribution in [1.82, 2.24) is 10.2 Å². The van der Waals surface area contributed by atoms with E-state index < -0.39 is 17.7 Å². The molecule has 3 amide bonds. The predicted molar refractivity (Wildman–Crippen MR) is 108 cm³/mol. The van der Waals surface area contributed by atoms with E-state index >= 15 is 0 Å². The maximum absolute atomic E-state index is 13.1. The van der Waals surface area contributed by atoms with Gasteiger partial charge in [0.05, 0.1) is 11.6 Å². The molecule has 1 saturated carbocycles. The van der Waals surface area contributed by atoms with Crippen LogP contribution in [0.25, 0.3) is 0 Å². The number of carbonyl (C=O) groups excluding carboxylic acids is 2. The molecule has 3 unspecified atom stereocenters. The van der Waals surface area contributed by atoms with E-state index in [1.165, 1.54) is 0 Å². The molecule has 2 N–H and O–H groups in total. The Morgan fingerprint density at radius 1 is 1.32 bits per heavy atom. The van der Waals surface area contributed by atoms with E-state index in [2.05, 4.69) is 26.1 Å². The number of halogens is 2. The normalized spacial score (nSPS) is 27.8. The summed E-state index contributed by atoms with van der Waals surface area (Å²) < 4.78 is 5.51. The van der Waals surface area contributed by atoms with Crippen molar-refractivity contribution in [3.8, 4) is 5.75 Å². The number of imide groups is 1. The maximum atomic E-state index is 13.1. The second kappa shape index (κ2) is 7.73. The van der Waals surface area contributed by atoms with Crippen LogP contribution in [0.2, 0.25) is 10.0 Å². The lowest BCUT2D eigenvalue weighted by molar-refractivity contribution is -0.135. The van der Waals surface area contributed by atoms with Crippen molar-refractivity contribution in [1.29, 1.82) is 0 Å².